The van der Waals surface area contributed by atoms with E-state index in [-0.39, 0.29) is 12.1 Å². The summed E-state index contributed by atoms with van der Waals surface area (Å²) in [6, 6.07) is 10.1. The second-order valence-corrected chi connectivity index (χ2v) is 12.5. The Morgan fingerprint density at radius 3 is 2.70 bits per heavy atom. The van der Waals surface area contributed by atoms with Gasteiger partial charge in [0.15, 0.2) is 0 Å². The fourth-order valence-electron chi connectivity index (χ4n) is 6.54. The summed E-state index contributed by atoms with van der Waals surface area (Å²) in [4.78, 5) is 43.2. The molecule has 2 aromatic heterocycles. The molecule has 10 heteroatoms. The molecule has 2 amide bonds. The second-order valence-electron chi connectivity index (χ2n) is 12.5. The number of hydrogen-bond donors (Lipinski definition) is 1. The van der Waals surface area contributed by atoms with Crippen LogP contribution in [0.3, 0.4) is 0 Å². The van der Waals surface area contributed by atoms with Crippen LogP contribution in [0.25, 0.3) is 22.2 Å². The first-order valence-corrected chi connectivity index (χ1v) is 14.8. The number of fused-ring (bicyclic) bond motifs is 9. The maximum atomic E-state index is 13.8. The van der Waals surface area contributed by atoms with E-state index >= 15 is 0 Å². The first-order valence-electron chi connectivity index (χ1n) is 16.3. The van der Waals surface area contributed by atoms with Crippen molar-refractivity contribution in [2.75, 3.05) is 25.0 Å². The van der Waals surface area contributed by atoms with Gasteiger partial charge in [-0.15, -0.1) is 5.92 Å². The summed E-state index contributed by atoms with van der Waals surface area (Å²) >= 11 is 0. The number of carbonyl (C=O) groups is 2. The van der Waals surface area contributed by atoms with Gasteiger partial charge >= 0.3 is 6.09 Å². The van der Waals surface area contributed by atoms with Crippen molar-refractivity contribution in [3.8, 4) is 23.0 Å². The molecule has 3 atom stereocenters. The molecule has 3 aliphatic heterocycles. The van der Waals surface area contributed by atoms with Crippen molar-refractivity contribution < 1.29 is 18.4 Å². The van der Waals surface area contributed by atoms with Crippen LogP contribution in [0.1, 0.15) is 84.0 Å². The quantitative estimate of drug-likeness (QED) is 0.331. The Bertz CT molecular complexity index is 1970. The number of hydrogen-bond acceptors (Lipinski definition) is 7. The fraction of sp³-hybridized carbons (Fsp3) is 0.382. The van der Waals surface area contributed by atoms with Crippen LogP contribution in [0.5, 0.6) is 0 Å². The van der Waals surface area contributed by atoms with Crippen molar-refractivity contribution in [1.82, 2.24) is 29.7 Å². The highest BCUT2D eigenvalue weighted by molar-refractivity contribution is 5.98. The molecule has 1 N–H and O–H groups in total. The molecule has 3 aliphatic rings. The Labute approximate surface area is 260 Å². The highest BCUT2D eigenvalue weighted by atomic mass is 16.6. The predicted molar refractivity (Wildman–Crippen MR) is 167 cm³/mol. The van der Waals surface area contributed by atoms with Gasteiger partial charge in [0, 0.05) is 65.2 Å². The van der Waals surface area contributed by atoms with E-state index in [1.54, 1.807) is 31.5 Å². The monoisotopic (exact) mass is 592 g/mol. The third-order valence-corrected chi connectivity index (χ3v) is 8.40. The molecule has 1 saturated heterocycles. The first-order chi connectivity index (χ1) is 22.3. The molecule has 0 radical (unpaired) electrons. The van der Waals surface area contributed by atoms with Crippen molar-refractivity contribution in [3.63, 3.8) is 0 Å². The van der Waals surface area contributed by atoms with Crippen molar-refractivity contribution in [2.45, 2.75) is 64.3 Å². The molecule has 4 aromatic rings. The molecule has 5 heterocycles. The maximum absolute atomic E-state index is 13.8. The fourth-order valence-corrected chi connectivity index (χ4v) is 6.54. The maximum Gasteiger partial charge on any atom is 0.407 e. The molecule has 224 valence electrons. The minimum Gasteiger partial charge on any atom is -0.444 e. The second kappa shape index (κ2) is 10.4. The van der Waals surface area contributed by atoms with Crippen LogP contribution in [0.4, 0.5) is 10.7 Å². The average molecular weight is 593 g/mol. The Morgan fingerprint density at radius 2 is 1.95 bits per heavy atom. The molecule has 2 aromatic carbocycles. The number of imidazole rings is 1. The third kappa shape index (κ3) is 4.73. The van der Waals surface area contributed by atoms with Crippen molar-refractivity contribution in [2.24, 2.45) is 0 Å². The smallest absolute Gasteiger partial charge is 0.407 e. The van der Waals surface area contributed by atoms with E-state index in [9.17, 15) is 9.59 Å². The molecule has 0 saturated carbocycles. The Hall–Kier alpha value is -4.91. The average Bonchev–Trinajstić information content (AvgIpc) is 3.68. The molecule has 0 unspecified atom stereocenters. The predicted octanol–water partition coefficient (Wildman–Crippen LogP) is 5.09. The number of aromatic nitrogens is 4. The number of rotatable bonds is 3. The van der Waals surface area contributed by atoms with Gasteiger partial charge < -0.3 is 24.4 Å². The van der Waals surface area contributed by atoms with Gasteiger partial charge in [0.1, 0.15) is 11.4 Å². The van der Waals surface area contributed by atoms with Gasteiger partial charge in [0.25, 0.3) is 5.91 Å². The first kappa shape index (κ1) is 24.5. The van der Waals surface area contributed by atoms with Gasteiger partial charge in [0.2, 0.25) is 5.95 Å². The molecule has 0 spiro atoms. The van der Waals surface area contributed by atoms with Crippen molar-refractivity contribution in [3.05, 3.63) is 71.3 Å². The molecular weight excluding hydrogens is 554 g/mol. The highest BCUT2D eigenvalue weighted by Crippen LogP contribution is 2.48. The lowest BCUT2D eigenvalue weighted by Gasteiger charge is -2.24. The zero-order valence-corrected chi connectivity index (χ0v) is 25.1. The number of nitrogens with zero attached hydrogens (tertiary/aromatic N) is 6. The summed E-state index contributed by atoms with van der Waals surface area (Å²) in [5, 5.41) is 2.93. The van der Waals surface area contributed by atoms with Crippen molar-refractivity contribution in [1.29, 1.82) is 0 Å². The summed E-state index contributed by atoms with van der Waals surface area (Å²) < 4.78 is 32.3. The Kier molecular flexibility index (Phi) is 5.78. The van der Waals surface area contributed by atoms with E-state index in [1.165, 1.54) is 0 Å². The molecule has 10 nitrogen and oxygen atoms in total. The van der Waals surface area contributed by atoms with Crippen LogP contribution >= 0.6 is 0 Å². The number of ether oxygens (including phenoxy) is 1. The van der Waals surface area contributed by atoms with Gasteiger partial charge in [0.05, 0.1) is 29.2 Å². The molecule has 2 bridgehead atoms. The lowest BCUT2D eigenvalue weighted by atomic mass is 9.93. The summed E-state index contributed by atoms with van der Waals surface area (Å²) in [6.45, 7) is 5.88. The third-order valence-electron chi connectivity index (χ3n) is 8.40. The summed E-state index contributed by atoms with van der Waals surface area (Å²) in [5.41, 5.74) is 4.44. The van der Waals surface area contributed by atoms with Crippen LogP contribution in [-0.4, -0.2) is 68.1 Å². The zero-order chi connectivity index (χ0) is 33.2. The van der Waals surface area contributed by atoms with Gasteiger partial charge in [-0.25, -0.2) is 19.7 Å². The standard InChI is InChI=1S/C34H35N7O3/c1-6-8-20-9-7-10-24-29(20)27-16-28(39(5)31(24)42)30-38-25-12-11-21(15-26(25)41(27)30)22-17-35-32(36-18-22)40-14-13-23(19-40)37-33(43)44-34(2,3)4/h7,9-12,15,17-18,23,27-28H,13-14,16,19H2,1-5H3,(H,37,43)/t23-,27+,28+/m0/s1/i5D3. The SMILES string of the molecule is [2H]C([2H])([2H])N1C(=O)c2cccc(C#CC)c2[C@H]2C[C@@H]1c1nc3ccc(-c4cnc(N5CC[C@H](NC(=O)OC(C)(C)C)C5)nc4)cc3n12. The lowest BCUT2D eigenvalue weighted by molar-refractivity contribution is 0.0508. The van der Waals surface area contributed by atoms with E-state index < -0.39 is 30.6 Å². The van der Waals surface area contributed by atoms with Crippen molar-refractivity contribution >= 4 is 29.0 Å². The highest BCUT2D eigenvalue weighted by Gasteiger charge is 2.44. The van der Waals surface area contributed by atoms with E-state index in [4.69, 9.17) is 13.8 Å². The van der Waals surface area contributed by atoms with Gasteiger partial charge in [-0.2, -0.15) is 0 Å². The zero-order valence-electron chi connectivity index (χ0n) is 28.1. The molecular formula is C34H35N7O3. The molecule has 7 rings (SSSR count). The van der Waals surface area contributed by atoms with Crippen LogP contribution < -0.4 is 10.2 Å². The topological polar surface area (TPSA) is 105 Å². The van der Waals surface area contributed by atoms with Gasteiger partial charge in [-0.05, 0) is 63.9 Å². The van der Waals surface area contributed by atoms with Gasteiger partial charge in [-0.3, -0.25) is 4.79 Å². The normalized spacial score (nSPS) is 21.9. The summed E-state index contributed by atoms with van der Waals surface area (Å²) in [6.07, 6.45) is 4.27. The number of amides is 2. The van der Waals surface area contributed by atoms with E-state index in [0.717, 1.165) is 33.5 Å². The Morgan fingerprint density at radius 1 is 1.14 bits per heavy atom. The molecule has 0 aliphatic carbocycles. The lowest BCUT2D eigenvalue weighted by Crippen LogP contribution is -2.40. The number of alkyl carbamates (subject to hydrolysis) is 1. The largest absolute Gasteiger partial charge is 0.444 e. The minimum absolute atomic E-state index is 0.0615. The molecule has 44 heavy (non-hydrogen) atoms. The van der Waals surface area contributed by atoms with E-state index in [1.807, 2.05) is 49.9 Å². The van der Waals surface area contributed by atoms with Crippen LogP contribution in [0.2, 0.25) is 0 Å². The van der Waals surface area contributed by atoms with Crippen LogP contribution in [0, 0.1) is 11.8 Å². The van der Waals surface area contributed by atoms with Crippen LogP contribution in [-0.2, 0) is 4.74 Å². The van der Waals surface area contributed by atoms with E-state index in [2.05, 4.69) is 31.7 Å². The number of nitrogens with one attached hydrogen (secondary N) is 1. The van der Waals surface area contributed by atoms with Gasteiger partial charge in [-0.1, -0.05) is 18.1 Å². The summed E-state index contributed by atoms with van der Waals surface area (Å²) in [7, 11) is 0. The molecule has 1 fully saturated rings. The Balaban J connectivity index is 1.21. The number of benzene rings is 2. The van der Waals surface area contributed by atoms with E-state index in [0.29, 0.717) is 47.9 Å². The number of carbonyl (C=O) groups excluding carboxylic acids is 2. The van der Waals surface area contributed by atoms with Crippen LogP contribution in [0.15, 0.2) is 48.8 Å². The summed E-state index contributed by atoms with van der Waals surface area (Å²) in [5.74, 6) is 6.67. The number of anilines is 1. The minimum atomic E-state index is -2.65.